The summed E-state index contributed by atoms with van der Waals surface area (Å²) >= 11 is 1.79. The molecule has 1 aliphatic heterocycles. The summed E-state index contributed by atoms with van der Waals surface area (Å²) in [6.07, 6.45) is 3.67. The molecule has 0 bridgehead atoms. The van der Waals surface area contributed by atoms with Gasteiger partial charge in [-0.1, -0.05) is 0 Å². The van der Waals surface area contributed by atoms with Gasteiger partial charge < -0.3 is 15.0 Å². The average Bonchev–Trinajstić information content (AvgIpc) is 2.88. The van der Waals surface area contributed by atoms with Crippen molar-refractivity contribution < 1.29 is 4.74 Å². The lowest BCUT2D eigenvalue weighted by molar-refractivity contribution is 0.397. The van der Waals surface area contributed by atoms with Gasteiger partial charge in [0.15, 0.2) is 5.13 Å². The maximum Gasteiger partial charge on any atom is 0.218 e. The quantitative estimate of drug-likeness (QED) is 0.935. The van der Waals surface area contributed by atoms with Crippen LogP contribution >= 0.6 is 11.3 Å². The molecule has 22 heavy (non-hydrogen) atoms. The van der Waals surface area contributed by atoms with E-state index >= 15 is 0 Å². The van der Waals surface area contributed by atoms with Crippen LogP contribution in [-0.4, -0.2) is 41.2 Å². The van der Waals surface area contributed by atoms with Crippen molar-refractivity contribution in [1.82, 2.24) is 15.0 Å². The average molecular weight is 319 g/mol. The molecule has 1 saturated heterocycles. The van der Waals surface area contributed by atoms with Crippen molar-refractivity contribution >= 4 is 22.3 Å². The van der Waals surface area contributed by atoms with E-state index in [0.29, 0.717) is 11.9 Å². The lowest BCUT2D eigenvalue weighted by Crippen LogP contribution is -2.39. The number of aryl methyl sites for hydroxylation is 2. The topological polar surface area (TPSA) is 63.2 Å². The number of anilines is 2. The van der Waals surface area contributed by atoms with Crippen LogP contribution in [0, 0.1) is 13.8 Å². The summed E-state index contributed by atoms with van der Waals surface area (Å²) in [6.45, 7) is 6.25. The minimum Gasteiger partial charge on any atom is -0.481 e. The van der Waals surface area contributed by atoms with Gasteiger partial charge in [0.25, 0.3) is 0 Å². The molecule has 1 fully saturated rings. The Morgan fingerprint density at radius 1 is 1.27 bits per heavy atom. The Hall–Kier alpha value is -1.89. The highest BCUT2D eigenvalue weighted by Crippen LogP contribution is 2.28. The van der Waals surface area contributed by atoms with E-state index in [0.717, 1.165) is 42.6 Å². The highest BCUT2D eigenvalue weighted by Gasteiger charge is 2.22. The first-order valence-electron chi connectivity index (χ1n) is 7.47. The summed E-state index contributed by atoms with van der Waals surface area (Å²) in [5.41, 5.74) is 1.15. The standard InChI is InChI=1S/C15H21N5OS/c1-10-11(2)22-15(18-10)20-6-4-12(5-7-20)19-13-8-14(21-3)17-9-16-13/h8-9,12H,4-7H2,1-3H3,(H,16,17,19). The van der Waals surface area contributed by atoms with Crippen LogP contribution in [0.2, 0.25) is 0 Å². The molecular weight excluding hydrogens is 298 g/mol. The Kier molecular flexibility index (Phi) is 4.42. The maximum absolute atomic E-state index is 5.13. The fourth-order valence-corrected chi connectivity index (χ4v) is 3.51. The number of nitrogens with one attached hydrogen (secondary N) is 1. The Balaban J connectivity index is 1.57. The van der Waals surface area contributed by atoms with E-state index in [4.69, 9.17) is 4.74 Å². The minimum absolute atomic E-state index is 0.429. The van der Waals surface area contributed by atoms with E-state index in [9.17, 15) is 0 Å². The van der Waals surface area contributed by atoms with Crippen molar-refractivity contribution in [1.29, 1.82) is 0 Å². The summed E-state index contributed by atoms with van der Waals surface area (Å²) in [5.74, 6) is 1.41. The minimum atomic E-state index is 0.429. The molecule has 0 radical (unpaired) electrons. The molecule has 2 aromatic heterocycles. The highest BCUT2D eigenvalue weighted by molar-refractivity contribution is 7.15. The summed E-state index contributed by atoms with van der Waals surface area (Å²) in [5, 5.41) is 4.62. The molecule has 0 spiro atoms. The summed E-state index contributed by atoms with van der Waals surface area (Å²) < 4.78 is 5.13. The van der Waals surface area contributed by atoms with Crippen LogP contribution in [0.5, 0.6) is 5.88 Å². The third-order valence-corrected chi connectivity index (χ3v) is 5.12. The molecule has 118 valence electrons. The van der Waals surface area contributed by atoms with E-state index < -0.39 is 0 Å². The largest absolute Gasteiger partial charge is 0.481 e. The van der Waals surface area contributed by atoms with Crippen LogP contribution in [0.4, 0.5) is 10.9 Å². The van der Waals surface area contributed by atoms with Gasteiger partial charge in [-0.05, 0) is 26.7 Å². The third-order valence-electron chi connectivity index (χ3n) is 3.99. The molecule has 0 aliphatic carbocycles. The zero-order chi connectivity index (χ0) is 15.5. The van der Waals surface area contributed by atoms with Crippen molar-refractivity contribution in [3.63, 3.8) is 0 Å². The second-order valence-corrected chi connectivity index (χ2v) is 6.67. The first-order valence-corrected chi connectivity index (χ1v) is 8.29. The number of hydrogen-bond acceptors (Lipinski definition) is 7. The van der Waals surface area contributed by atoms with E-state index in [1.807, 2.05) is 6.07 Å². The van der Waals surface area contributed by atoms with Crippen LogP contribution in [0.1, 0.15) is 23.4 Å². The van der Waals surface area contributed by atoms with Crippen molar-refractivity contribution in [2.75, 3.05) is 30.4 Å². The Bertz CT molecular complexity index is 617. The van der Waals surface area contributed by atoms with E-state index in [1.165, 1.54) is 11.2 Å². The van der Waals surface area contributed by atoms with Gasteiger partial charge >= 0.3 is 0 Å². The van der Waals surface area contributed by atoms with E-state index in [-0.39, 0.29) is 0 Å². The molecule has 1 aliphatic rings. The van der Waals surface area contributed by atoms with Crippen LogP contribution in [0.25, 0.3) is 0 Å². The molecule has 0 aromatic carbocycles. The lowest BCUT2D eigenvalue weighted by atomic mass is 10.1. The predicted octanol–water partition coefficient (Wildman–Crippen LogP) is 2.64. The predicted molar refractivity (Wildman–Crippen MR) is 89.0 cm³/mol. The molecule has 0 amide bonds. The van der Waals surface area contributed by atoms with Gasteiger partial charge in [0.05, 0.1) is 12.8 Å². The molecule has 2 aromatic rings. The first kappa shape index (κ1) is 15.0. The molecule has 0 atom stereocenters. The smallest absolute Gasteiger partial charge is 0.218 e. The Morgan fingerprint density at radius 2 is 2.05 bits per heavy atom. The molecule has 1 N–H and O–H groups in total. The molecule has 0 unspecified atom stereocenters. The van der Waals surface area contributed by atoms with Gasteiger partial charge in [-0.3, -0.25) is 0 Å². The number of rotatable bonds is 4. The molecular formula is C15H21N5OS. The maximum atomic E-state index is 5.13. The van der Waals surface area contributed by atoms with Crippen LogP contribution in [0.3, 0.4) is 0 Å². The zero-order valence-corrected chi connectivity index (χ0v) is 14.0. The van der Waals surface area contributed by atoms with Gasteiger partial charge in [-0.2, -0.15) is 0 Å². The fourth-order valence-electron chi connectivity index (χ4n) is 2.55. The monoisotopic (exact) mass is 319 g/mol. The molecule has 7 heteroatoms. The lowest BCUT2D eigenvalue weighted by Gasteiger charge is -2.32. The number of methoxy groups -OCH3 is 1. The summed E-state index contributed by atoms with van der Waals surface area (Å²) in [7, 11) is 1.61. The number of hydrogen-bond donors (Lipinski definition) is 1. The van der Waals surface area contributed by atoms with Crippen LogP contribution in [-0.2, 0) is 0 Å². The zero-order valence-electron chi connectivity index (χ0n) is 13.2. The number of ether oxygens (including phenoxy) is 1. The summed E-state index contributed by atoms with van der Waals surface area (Å²) in [6, 6.07) is 2.26. The Labute approximate surface area is 134 Å². The van der Waals surface area contributed by atoms with Crippen LogP contribution < -0.4 is 15.0 Å². The van der Waals surface area contributed by atoms with Gasteiger partial charge in [-0.15, -0.1) is 11.3 Å². The first-order chi connectivity index (χ1) is 10.7. The highest BCUT2D eigenvalue weighted by atomic mass is 32.1. The van der Waals surface area contributed by atoms with E-state index in [1.54, 1.807) is 18.4 Å². The molecule has 3 rings (SSSR count). The van der Waals surface area contributed by atoms with Crippen LogP contribution in [0.15, 0.2) is 12.4 Å². The van der Waals surface area contributed by atoms with Gasteiger partial charge in [0, 0.05) is 30.1 Å². The summed E-state index contributed by atoms with van der Waals surface area (Å²) in [4.78, 5) is 16.6. The van der Waals surface area contributed by atoms with Gasteiger partial charge in [-0.25, -0.2) is 15.0 Å². The van der Waals surface area contributed by atoms with Crippen molar-refractivity contribution in [2.24, 2.45) is 0 Å². The Morgan fingerprint density at radius 3 is 2.68 bits per heavy atom. The van der Waals surface area contributed by atoms with Crippen molar-refractivity contribution in [2.45, 2.75) is 32.7 Å². The molecule has 3 heterocycles. The van der Waals surface area contributed by atoms with Gasteiger partial charge in [0.1, 0.15) is 12.1 Å². The molecule has 0 saturated carbocycles. The second kappa shape index (κ2) is 6.48. The van der Waals surface area contributed by atoms with Crippen molar-refractivity contribution in [3.8, 4) is 5.88 Å². The number of aromatic nitrogens is 3. The van der Waals surface area contributed by atoms with Crippen molar-refractivity contribution in [3.05, 3.63) is 23.0 Å². The second-order valence-electron chi connectivity index (χ2n) is 5.49. The molecule has 6 nitrogen and oxygen atoms in total. The number of thiazole rings is 1. The van der Waals surface area contributed by atoms with Gasteiger partial charge in [0.2, 0.25) is 5.88 Å². The number of nitrogens with zero attached hydrogens (tertiary/aromatic N) is 4. The number of piperidine rings is 1. The fraction of sp³-hybridized carbons (Fsp3) is 0.533. The van der Waals surface area contributed by atoms with E-state index in [2.05, 4.69) is 39.0 Å². The third kappa shape index (κ3) is 3.30. The normalized spacial score (nSPS) is 15.9. The SMILES string of the molecule is COc1cc(NC2CCN(c3nc(C)c(C)s3)CC2)ncn1.